The molecule has 0 aliphatic heterocycles. The first-order valence-electron chi connectivity index (χ1n) is 9.18. The Morgan fingerprint density at radius 1 is 0.963 bits per heavy atom. The van der Waals surface area contributed by atoms with Crippen molar-refractivity contribution in [2.24, 2.45) is 5.73 Å². The van der Waals surface area contributed by atoms with Gasteiger partial charge >= 0.3 is 0 Å². The lowest BCUT2D eigenvalue weighted by Crippen LogP contribution is -2.47. The lowest BCUT2D eigenvalue weighted by atomic mass is 9.93. The summed E-state index contributed by atoms with van der Waals surface area (Å²) in [4.78, 5) is 0. The van der Waals surface area contributed by atoms with Crippen LogP contribution in [0.3, 0.4) is 0 Å². The summed E-state index contributed by atoms with van der Waals surface area (Å²) in [5.41, 5.74) is 10.1. The number of aliphatic hydroxyl groups excluding tert-OH is 2. The van der Waals surface area contributed by atoms with Gasteiger partial charge in [-0.25, -0.2) is 4.68 Å². The van der Waals surface area contributed by atoms with Crippen molar-refractivity contribution in [1.82, 2.24) is 15.0 Å². The molecule has 1 heterocycles. The van der Waals surface area contributed by atoms with Crippen molar-refractivity contribution in [3.63, 3.8) is 0 Å². The van der Waals surface area contributed by atoms with E-state index in [-0.39, 0.29) is 13.2 Å². The highest BCUT2D eigenvalue weighted by atomic mass is 16.3. The molecule has 0 fully saturated rings. The Bertz CT molecular complexity index is 853. The fraction of sp³-hybridized carbons (Fsp3) is 0.333. The number of aromatic nitrogens is 3. The molecule has 0 bridgehead atoms. The van der Waals surface area contributed by atoms with Gasteiger partial charge in [0.05, 0.1) is 30.6 Å². The van der Waals surface area contributed by atoms with Crippen LogP contribution in [0.5, 0.6) is 0 Å². The third kappa shape index (κ3) is 4.60. The van der Waals surface area contributed by atoms with Crippen LogP contribution in [0.25, 0.3) is 16.9 Å². The van der Waals surface area contributed by atoms with Crippen molar-refractivity contribution in [2.75, 3.05) is 13.2 Å². The highest BCUT2D eigenvalue weighted by molar-refractivity contribution is 5.58. The Morgan fingerprint density at radius 2 is 1.59 bits per heavy atom. The second-order valence-electron chi connectivity index (χ2n) is 6.94. The molecule has 0 unspecified atom stereocenters. The number of benzene rings is 2. The number of rotatable bonds is 8. The van der Waals surface area contributed by atoms with E-state index in [1.807, 2.05) is 42.6 Å². The Balaban J connectivity index is 1.69. The number of hydrogen-bond donors (Lipinski definition) is 3. The van der Waals surface area contributed by atoms with E-state index in [1.165, 1.54) is 5.56 Å². The van der Waals surface area contributed by atoms with Crippen LogP contribution in [0.4, 0.5) is 0 Å². The molecule has 0 aliphatic carbocycles. The molecule has 1 aromatic heterocycles. The second-order valence-corrected chi connectivity index (χ2v) is 6.94. The van der Waals surface area contributed by atoms with Crippen LogP contribution in [-0.4, -0.2) is 44.0 Å². The predicted octanol–water partition coefficient (Wildman–Crippen LogP) is 2.11. The lowest BCUT2D eigenvalue weighted by molar-refractivity contribution is 0.115. The third-order valence-electron chi connectivity index (χ3n) is 4.89. The second kappa shape index (κ2) is 8.43. The van der Waals surface area contributed by atoms with Gasteiger partial charge in [-0.1, -0.05) is 48.5 Å². The van der Waals surface area contributed by atoms with Crippen molar-refractivity contribution >= 4 is 0 Å². The zero-order chi connectivity index (χ0) is 19.3. The maximum Gasteiger partial charge on any atom is 0.113 e. The van der Waals surface area contributed by atoms with E-state index in [0.717, 1.165) is 28.9 Å². The van der Waals surface area contributed by atoms with Crippen molar-refractivity contribution in [2.45, 2.75) is 31.7 Å². The van der Waals surface area contributed by atoms with E-state index in [0.29, 0.717) is 12.8 Å². The van der Waals surface area contributed by atoms with Crippen LogP contribution in [0.1, 0.15) is 24.5 Å². The van der Waals surface area contributed by atoms with E-state index in [9.17, 15) is 10.2 Å². The van der Waals surface area contributed by atoms with Gasteiger partial charge in [-0.15, -0.1) is 5.10 Å². The molecule has 0 saturated heterocycles. The summed E-state index contributed by atoms with van der Waals surface area (Å²) < 4.78 is 1.77. The average Bonchev–Trinajstić information content (AvgIpc) is 3.22. The first-order valence-corrected chi connectivity index (χ1v) is 9.18. The minimum Gasteiger partial charge on any atom is -0.394 e. The largest absolute Gasteiger partial charge is 0.394 e. The molecule has 3 rings (SSSR count). The molecule has 0 amide bonds. The quantitative estimate of drug-likeness (QED) is 0.567. The van der Waals surface area contributed by atoms with Crippen LogP contribution >= 0.6 is 0 Å². The van der Waals surface area contributed by atoms with Gasteiger partial charge in [0, 0.05) is 5.56 Å². The molecule has 4 N–H and O–H groups in total. The summed E-state index contributed by atoms with van der Waals surface area (Å²) in [7, 11) is 0. The molecule has 0 saturated carbocycles. The van der Waals surface area contributed by atoms with Crippen molar-refractivity contribution in [3.05, 3.63) is 65.9 Å². The molecule has 0 radical (unpaired) electrons. The first-order chi connectivity index (χ1) is 13.1. The Morgan fingerprint density at radius 3 is 2.19 bits per heavy atom. The summed E-state index contributed by atoms with van der Waals surface area (Å²) in [6, 6.07) is 16.3. The Kier molecular flexibility index (Phi) is 6.01. The monoisotopic (exact) mass is 366 g/mol. The number of hydrogen-bond acceptors (Lipinski definition) is 5. The van der Waals surface area contributed by atoms with E-state index in [1.54, 1.807) is 4.68 Å². The van der Waals surface area contributed by atoms with Crippen molar-refractivity contribution in [3.8, 4) is 16.9 Å². The lowest BCUT2D eigenvalue weighted by Gasteiger charge is -2.24. The molecule has 0 atom stereocenters. The first kappa shape index (κ1) is 19.2. The molecule has 3 aromatic rings. The molecule has 0 spiro atoms. The van der Waals surface area contributed by atoms with Crippen LogP contribution in [0.15, 0.2) is 54.7 Å². The van der Waals surface area contributed by atoms with Crippen LogP contribution in [0, 0.1) is 0 Å². The normalized spacial score (nSPS) is 11.7. The van der Waals surface area contributed by atoms with E-state index < -0.39 is 5.54 Å². The average molecular weight is 366 g/mol. The van der Waals surface area contributed by atoms with Crippen molar-refractivity contribution in [1.29, 1.82) is 0 Å². The minimum atomic E-state index is -0.936. The Labute approximate surface area is 159 Å². The van der Waals surface area contributed by atoms with E-state index in [4.69, 9.17) is 5.73 Å². The van der Waals surface area contributed by atoms with E-state index in [2.05, 4.69) is 29.4 Å². The summed E-state index contributed by atoms with van der Waals surface area (Å²) in [6.45, 7) is 1.67. The van der Waals surface area contributed by atoms with Crippen LogP contribution in [-0.2, 0) is 12.8 Å². The molecule has 0 aliphatic rings. The highest BCUT2D eigenvalue weighted by Crippen LogP contribution is 2.20. The predicted molar refractivity (Wildman–Crippen MR) is 106 cm³/mol. The van der Waals surface area contributed by atoms with Gasteiger partial charge in [-0.2, -0.15) is 0 Å². The van der Waals surface area contributed by atoms with Gasteiger partial charge in [0.15, 0.2) is 0 Å². The molecular weight excluding hydrogens is 340 g/mol. The fourth-order valence-electron chi connectivity index (χ4n) is 2.85. The van der Waals surface area contributed by atoms with Crippen LogP contribution in [0.2, 0.25) is 0 Å². The number of nitrogens with two attached hydrogens (primary N) is 1. The topological polar surface area (TPSA) is 97.2 Å². The molecule has 142 valence electrons. The van der Waals surface area contributed by atoms with Gasteiger partial charge < -0.3 is 15.9 Å². The molecule has 2 aromatic carbocycles. The fourth-order valence-corrected chi connectivity index (χ4v) is 2.85. The minimum absolute atomic E-state index is 0.232. The number of aryl methyl sites for hydroxylation is 2. The third-order valence-corrected chi connectivity index (χ3v) is 4.89. The summed E-state index contributed by atoms with van der Waals surface area (Å²) >= 11 is 0. The number of aliphatic hydroxyl groups is 2. The summed E-state index contributed by atoms with van der Waals surface area (Å²) in [5.74, 6) is 0. The molecule has 27 heavy (non-hydrogen) atoms. The zero-order valence-corrected chi connectivity index (χ0v) is 15.5. The van der Waals surface area contributed by atoms with Gasteiger partial charge in [-0.3, -0.25) is 0 Å². The molecule has 6 nitrogen and oxygen atoms in total. The summed E-state index contributed by atoms with van der Waals surface area (Å²) in [6.07, 6.45) is 4.13. The Hall–Kier alpha value is -2.54. The molecule has 6 heteroatoms. The smallest absolute Gasteiger partial charge is 0.113 e. The van der Waals surface area contributed by atoms with Crippen molar-refractivity contribution < 1.29 is 10.2 Å². The maximum atomic E-state index is 9.28. The number of nitrogens with zero attached hydrogens (tertiary/aromatic N) is 3. The molecular formula is C21H26N4O2. The van der Waals surface area contributed by atoms with E-state index >= 15 is 0 Å². The maximum absolute atomic E-state index is 9.28. The highest BCUT2D eigenvalue weighted by Gasteiger charge is 2.22. The zero-order valence-electron chi connectivity index (χ0n) is 15.5. The van der Waals surface area contributed by atoms with Gasteiger partial charge in [0.25, 0.3) is 0 Å². The van der Waals surface area contributed by atoms with Gasteiger partial charge in [-0.05, 0) is 42.5 Å². The summed E-state index contributed by atoms with van der Waals surface area (Å²) in [5, 5.41) is 27.1. The SMILES string of the molecule is CCc1ccc(-n2cc(-c3ccc(CCC(N)(CO)CO)cc3)nn2)cc1. The standard InChI is InChI=1S/C21H26N4O2/c1-2-16-5-9-19(10-6-16)25-13-20(23-24-25)18-7-3-17(4-8-18)11-12-21(22,14-26)15-27/h3-10,13,26-27H,2,11-12,14-15,22H2,1H3. The van der Waals surface area contributed by atoms with Gasteiger partial charge in [0.2, 0.25) is 0 Å². The van der Waals surface area contributed by atoms with Gasteiger partial charge in [0.1, 0.15) is 5.69 Å². The van der Waals surface area contributed by atoms with Crippen LogP contribution < -0.4 is 5.73 Å².